The Balaban J connectivity index is 0. The predicted molar refractivity (Wildman–Crippen MR) is 43.1 cm³/mol. The third-order valence-electron chi connectivity index (χ3n) is 0.498. The number of unbranched alkanes of at least 4 members (excludes halogenated alkanes) is 1. The van der Waals surface area contributed by atoms with Gasteiger partial charge in [0.25, 0.3) is 0 Å². The Morgan fingerprint density at radius 2 is 1.67 bits per heavy atom. The van der Waals surface area contributed by atoms with Crippen molar-refractivity contribution in [1.82, 2.24) is 0 Å². The molecule has 0 atom stereocenters. The molecule has 0 aromatic carbocycles. The first kappa shape index (κ1) is 12.7. The summed E-state index contributed by atoms with van der Waals surface area (Å²) in [7, 11) is 0. The van der Waals surface area contributed by atoms with E-state index < -0.39 is 6.73 Å². The molecule has 56 valence electrons. The van der Waals surface area contributed by atoms with E-state index >= 15 is 0 Å². The van der Waals surface area contributed by atoms with Gasteiger partial charge in [-0.05, 0) is 0 Å². The minimum Gasteiger partial charge on any atom is -0.854 e. The molecule has 9 heavy (non-hydrogen) atoms. The van der Waals surface area contributed by atoms with Crippen molar-refractivity contribution in [1.29, 1.82) is 0 Å². The molecule has 0 fully saturated rings. The van der Waals surface area contributed by atoms with E-state index in [0.29, 0.717) is 0 Å². The molecular formula is C4H9Cl3OSi. The third kappa shape index (κ3) is 48.4. The molecule has 0 aromatic rings. The molecule has 0 amide bonds. The monoisotopic (exact) mass is 206 g/mol. The Labute approximate surface area is 71.6 Å². The van der Waals surface area contributed by atoms with E-state index in [0.717, 1.165) is 12.8 Å². The van der Waals surface area contributed by atoms with Crippen LogP contribution in [0.4, 0.5) is 0 Å². The minimum atomic E-state index is -1.46. The Morgan fingerprint density at radius 3 is 1.67 bits per heavy atom. The second-order valence-electron chi connectivity index (χ2n) is 1.27. The van der Waals surface area contributed by atoms with Gasteiger partial charge in [-0.15, -0.1) is 6.61 Å². The fourth-order valence-electron chi connectivity index (χ4n) is 0.144. The molecule has 0 aromatic heterocycles. The molecule has 0 saturated carbocycles. The third-order valence-corrected chi connectivity index (χ3v) is 0.498. The summed E-state index contributed by atoms with van der Waals surface area (Å²) < 4.78 is 0. The van der Waals surface area contributed by atoms with Crippen LogP contribution in [0, 0.1) is 0 Å². The molecule has 5 heteroatoms. The van der Waals surface area contributed by atoms with Crippen LogP contribution >= 0.6 is 33.2 Å². The Kier molecular flexibility index (Phi) is 16.6. The lowest BCUT2D eigenvalue weighted by Crippen LogP contribution is -2.03. The van der Waals surface area contributed by atoms with Crippen molar-refractivity contribution in [2.24, 2.45) is 0 Å². The molecule has 0 unspecified atom stereocenters. The molecule has 0 N–H and O–H groups in total. The van der Waals surface area contributed by atoms with E-state index in [-0.39, 0.29) is 6.61 Å². The Morgan fingerprint density at radius 1 is 1.33 bits per heavy atom. The summed E-state index contributed by atoms with van der Waals surface area (Å²) in [6.07, 6.45) is 1.86. The van der Waals surface area contributed by atoms with E-state index in [1.807, 2.05) is 6.92 Å². The van der Waals surface area contributed by atoms with Crippen molar-refractivity contribution in [3.8, 4) is 0 Å². The van der Waals surface area contributed by atoms with Crippen LogP contribution in [0.5, 0.6) is 0 Å². The second-order valence-corrected chi connectivity index (χ2v) is 6.84. The number of hydrogen-bond acceptors (Lipinski definition) is 1. The van der Waals surface area contributed by atoms with Crippen molar-refractivity contribution in [2.45, 2.75) is 19.8 Å². The van der Waals surface area contributed by atoms with E-state index in [4.69, 9.17) is 33.2 Å². The summed E-state index contributed by atoms with van der Waals surface area (Å²) >= 11 is 14.7. The van der Waals surface area contributed by atoms with E-state index in [1.165, 1.54) is 0 Å². The molecule has 0 aliphatic heterocycles. The first-order chi connectivity index (χ1) is 4.15. The normalized spacial score (nSPS) is 7.67. The van der Waals surface area contributed by atoms with Gasteiger partial charge in [0.15, 0.2) is 0 Å². The van der Waals surface area contributed by atoms with Crippen molar-refractivity contribution in [2.75, 3.05) is 6.61 Å². The van der Waals surface area contributed by atoms with Gasteiger partial charge in [0.2, 0.25) is 0 Å². The summed E-state index contributed by atoms with van der Waals surface area (Å²) in [5, 5.41) is 9.53. The van der Waals surface area contributed by atoms with Crippen LogP contribution in [-0.2, 0) is 0 Å². The lowest BCUT2D eigenvalue weighted by Gasteiger charge is -1.94. The molecule has 0 aliphatic carbocycles. The van der Waals surface area contributed by atoms with E-state index in [1.54, 1.807) is 0 Å². The van der Waals surface area contributed by atoms with Crippen molar-refractivity contribution < 1.29 is 5.11 Å². The summed E-state index contributed by atoms with van der Waals surface area (Å²) in [5.74, 6) is 0. The van der Waals surface area contributed by atoms with Gasteiger partial charge in [0, 0.05) is 0 Å². The van der Waals surface area contributed by atoms with Crippen LogP contribution in [0.3, 0.4) is 0 Å². The highest BCUT2D eigenvalue weighted by Gasteiger charge is 2.14. The van der Waals surface area contributed by atoms with E-state index in [9.17, 15) is 5.11 Å². The highest BCUT2D eigenvalue weighted by Crippen LogP contribution is 1.97. The Bertz CT molecular complexity index is 40.0. The molecule has 0 radical (unpaired) electrons. The first-order valence-corrected chi connectivity index (χ1v) is 7.10. The number of hydrogen-bond donors (Lipinski definition) is 0. The summed E-state index contributed by atoms with van der Waals surface area (Å²) in [4.78, 5) is 0. The smallest absolute Gasteiger partial charge is 0.663 e. The largest absolute Gasteiger partial charge is 0.854 e. The second kappa shape index (κ2) is 11.8. The van der Waals surface area contributed by atoms with Gasteiger partial charge in [-0.2, -0.15) is 0 Å². The van der Waals surface area contributed by atoms with Gasteiger partial charge in [0.05, 0.1) is 0 Å². The average molecular weight is 208 g/mol. The van der Waals surface area contributed by atoms with Crippen LogP contribution in [0.2, 0.25) is 0 Å². The molecule has 0 aliphatic rings. The molecule has 0 saturated heterocycles. The van der Waals surface area contributed by atoms with Crippen LogP contribution < -0.4 is 5.11 Å². The highest BCUT2D eigenvalue weighted by molar-refractivity contribution is 7.54. The van der Waals surface area contributed by atoms with Crippen molar-refractivity contribution in [3.05, 3.63) is 0 Å². The molecule has 0 spiro atoms. The zero-order chi connectivity index (χ0) is 7.70. The summed E-state index contributed by atoms with van der Waals surface area (Å²) in [6.45, 7) is 0.643. The maximum atomic E-state index is 9.53. The summed E-state index contributed by atoms with van der Waals surface area (Å²) in [5.41, 5.74) is 0. The number of rotatable bonds is 2. The van der Waals surface area contributed by atoms with Crippen LogP contribution in [0.25, 0.3) is 0 Å². The SMILES string of the molecule is CCCC[O-].Cl[Si+](Cl)Cl. The van der Waals surface area contributed by atoms with Crippen LogP contribution in [-0.4, -0.2) is 13.3 Å². The van der Waals surface area contributed by atoms with Gasteiger partial charge in [-0.3, -0.25) is 0 Å². The zero-order valence-electron chi connectivity index (χ0n) is 5.16. The molecular weight excluding hydrogens is 198 g/mol. The molecule has 0 heterocycles. The minimum absolute atomic E-state index is 0.0938. The molecule has 1 nitrogen and oxygen atoms in total. The van der Waals surface area contributed by atoms with Crippen molar-refractivity contribution in [3.63, 3.8) is 0 Å². The maximum absolute atomic E-state index is 9.53. The average Bonchev–Trinajstić information content (AvgIpc) is 1.66. The van der Waals surface area contributed by atoms with Crippen LogP contribution in [0.15, 0.2) is 0 Å². The van der Waals surface area contributed by atoms with Gasteiger partial charge in [-0.25, -0.2) is 0 Å². The van der Waals surface area contributed by atoms with Gasteiger partial charge < -0.3 is 5.11 Å². The van der Waals surface area contributed by atoms with Gasteiger partial charge >= 0.3 is 6.73 Å². The highest BCUT2D eigenvalue weighted by atomic mass is 35.8. The van der Waals surface area contributed by atoms with Crippen LogP contribution in [0.1, 0.15) is 19.8 Å². The molecule has 0 rings (SSSR count). The summed E-state index contributed by atoms with van der Waals surface area (Å²) in [6, 6.07) is 0. The fraction of sp³-hybridized carbons (Fsp3) is 1.00. The first-order valence-electron chi connectivity index (χ1n) is 2.56. The standard InChI is InChI=1S/C4H9O.Cl3Si/c1-2-3-4-5;1-4(2)3/h2-4H2,1H3;/q-1;+1. The predicted octanol–water partition coefficient (Wildman–Crippen LogP) is 1.83. The van der Waals surface area contributed by atoms with Gasteiger partial charge in [-0.1, -0.05) is 19.8 Å². The number of halogens is 3. The zero-order valence-corrected chi connectivity index (χ0v) is 8.43. The van der Waals surface area contributed by atoms with Crippen molar-refractivity contribution >= 4 is 40.0 Å². The topological polar surface area (TPSA) is 23.1 Å². The maximum Gasteiger partial charge on any atom is 0.663 e. The fourth-order valence-corrected chi connectivity index (χ4v) is 0.144. The van der Waals surface area contributed by atoms with E-state index in [2.05, 4.69) is 0 Å². The van der Waals surface area contributed by atoms with Gasteiger partial charge in [0.1, 0.15) is 33.2 Å². The Hall–Kier alpha value is 1.05. The quantitative estimate of drug-likeness (QED) is 0.501. The molecule has 0 bridgehead atoms. The lowest BCUT2D eigenvalue weighted by atomic mass is 10.4. The lowest BCUT2D eigenvalue weighted by molar-refractivity contribution is -0.368.